The van der Waals surface area contributed by atoms with Crippen LogP contribution in [0.5, 0.6) is 0 Å². The van der Waals surface area contributed by atoms with Gasteiger partial charge in [-0.2, -0.15) is 0 Å². The Balaban J connectivity index is 1.82. The topological polar surface area (TPSA) is 52.7 Å². The first kappa shape index (κ1) is 13.1. The third-order valence-corrected chi connectivity index (χ3v) is 4.17. The molecule has 2 fully saturated rings. The van der Waals surface area contributed by atoms with Gasteiger partial charge in [0.05, 0.1) is 6.67 Å². The van der Waals surface area contributed by atoms with Crippen LogP contribution in [0.15, 0.2) is 30.3 Å². The fourth-order valence-electron chi connectivity index (χ4n) is 2.92. The standard InChI is InChI=1S/C15H19N3O2/c1-15(12-7-3-2-4-8-12)13(19)18(14(20)16-15)11-17-9-5-6-10-17/h2-4,7-8H,5-6,9-11H2,1H3,(H,16,20)/t15-/m0/s1. The molecule has 3 rings (SSSR count). The number of amides is 3. The van der Waals surface area contributed by atoms with Gasteiger partial charge in [0.2, 0.25) is 0 Å². The predicted molar refractivity (Wildman–Crippen MR) is 74.8 cm³/mol. The Morgan fingerprint density at radius 1 is 1.15 bits per heavy atom. The molecule has 0 unspecified atom stereocenters. The van der Waals surface area contributed by atoms with Crippen molar-refractivity contribution in [1.82, 2.24) is 15.1 Å². The summed E-state index contributed by atoms with van der Waals surface area (Å²) in [4.78, 5) is 28.2. The summed E-state index contributed by atoms with van der Waals surface area (Å²) in [5.74, 6) is -0.166. The number of nitrogens with one attached hydrogen (secondary N) is 1. The van der Waals surface area contributed by atoms with Crippen molar-refractivity contribution in [2.24, 2.45) is 0 Å². The molecule has 0 radical (unpaired) electrons. The molecule has 0 aliphatic carbocycles. The van der Waals surface area contributed by atoms with E-state index in [4.69, 9.17) is 0 Å². The van der Waals surface area contributed by atoms with Gasteiger partial charge in [0, 0.05) is 0 Å². The number of benzene rings is 1. The van der Waals surface area contributed by atoms with E-state index in [1.165, 1.54) is 4.90 Å². The molecule has 2 saturated heterocycles. The Morgan fingerprint density at radius 2 is 1.80 bits per heavy atom. The van der Waals surface area contributed by atoms with Crippen molar-refractivity contribution >= 4 is 11.9 Å². The fraction of sp³-hybridized carbons (Fsp3) is 0.467. The summed E-state index contributed by atoms with van der Waals surface area (Å²) >= 11 is 0. The van der Waals surface area contributed by atoms with Gasteiger partial charge in [-0.25, -0.2) is 9.69 Å². The molecule has 0 bridgehead atoms. The van der Waals surface area contributed by atoms with Crippen LogP contribution in [0.3, 0.4) is 0 Å². The van der Waals surface area contributed by atoms with Crippen molar-refractivity contribution in [1.29, 1.82) is 0 Å². The van der Waals surface area contributed by atoms with Gasteiger partial charge in [-0.05, 0) is 38.4 Å². The highest BCUT2D eigenvalue weighted by Gasteiger charge is 2.49. The van der Waals surface area contributed by atoms with Crippen LogP contribution >= 0.6 is 0 Å². The maximum atomic E-state index is 12.6. The number of rotatable bonds is 3. The van der Waals surface area contributed by atoms with Gasteiger partial charge in [-0.15, -0.1) is 0 Å². The molecule has 0 saturated carbocycles. The minimum Gasteiger partial charge on any atom is -0.319 e. The number of imide groups is 1. The molecule has 106 valence electrons. The number of hydrogen-bond donors (Lipinski definition) is 1. The Labute approximate surface area is 118 Å². The summed E-state index contributed by atoms with van der Waals surface area (Å²) < 4.78 is 0. The molecule has 1 atom stereocenters. The first-order valence-corrected chi connectivity index (χ1v) is 7.03. The van der Waals surface area contributed by atoms with E-state index < -0.39 is 5.54 Å². The van der Waals surface area contributed by atoms with Crippen molar-refractivity contribution in [3.8, 4) is 0 Å². The van der Waals surface area contributed by atoms with Crippen LogP contribution in [0.1, 0.15) is 25.3 Å². The predicted octanol–water partition coefficient (Wildman–Crippen LogP) is 1.51. The first-order valence-electron chi connectivity index (χ1n) is 7.03. The number of hydrogen-bond acceptors (Lipinski definition) is 3. The second-order valence-electron chi connectivity index (χ2n) is 5.62. The van der Waals surface area contributed by atoms with Crippen molar-refractivity contribution in [3.05, 3.63) is 35.9 Å². The summed E-state index contributed by atoms with van der Waals surface area (Å²) in [7, 11) is 0. The van der Waals surface area contributed by atoms with Gasteiger partial charge >= 0.3 is 6.03 Å². The van der Waals surface area contributed by atoms with Gasteiger partial charge in [0.1, 0.15) is 5.54 Å². The lowest BCUT2D eigenvalue weighted by Gasteiger charge is -2.24. The Hall–Kier alpha value is -1.88. The van der Waals surface area contributed by atoms with Crippen LogP contribution in [0.2, 0.25) is 0 Å². The van der Waals surface area contributed by atoms with Gasteiger partial charge in [0.15, 0.2) is 0 Å². The van der Waals surface area contributed by atoms with Crippen LogP contribution in [-0.4, -0.2) is 41.5 Å². The minimum atomic E-state index is -0.946. The molecular formula is C15H19N3O2. The number of carbonyl (C=O) groups excluding carboxylic acids is 2. The van der Waals surface area contributed by atoms with Crippen LogP contribution in [0.25, 0.3) is 0 Å². The summed E-state index contributed by atoms with van der Waals surface area (Å²) in [5.41, 5.74) is -0.125. The maximum Gasteiger partial charge on any atom is 0.326 e. The van der Waals surface area contributed by atoms with Crippen LogP contribution in [-0.2, 0) is 10.3 Å². The lowest BCUT2D eigenvalue weighted by atomic mass is 9.92. The summed E-state index contributed by atoms with van der Waals surface area (Å²) in [6.07, 6.45) is 2.28. The van der Waals surface area contributed by atoms with E-state index in [-0.39, 0.29) is 11.9 Å². The number of urea groups is 1. The highest BCUT2D eigenvalue weighted by atomic mass is 16.2. The van der Waals surface area contributed by atoms with Crippen molar-refractivity contribution in [2.45, 2.75) is 25.3 Å². The third kappa shape index (κ3) is 2.08. The smallest absolute Gasteiger partial charge is 0.319 e. The average Bonchev–Trinajstić information content (AvgIpc) is 3.04. The zero-order valence-corrected chi connectivity index (χ0v) is 11.6. The zero-order valence-electron chi connectivity index (χ0n) is 11.6. The summed E-state index contributed by atoms with van der Waals surface area (Å²) in [6.45, 7) is 4.08. The molecular weight excluding hydrogens is 254 g/mol. The molecule has 1 aromatic carbocycles. The monoisotopic (exact) mass is 273 g/mol. The molecule has 0 spiro atoms. The van der Waals surface area contributed by atoms with E-state index in [1.807, 2.05) is 30.3 Å². The number of likely N-dealkylation sites (tertiary alicyclic amines) is 1. The molecule has 2 aliphatic rings. The zero-order chi connectivity index (χ0) is 14.2. The van der Waals surface area contributed by atoms with Crippen LogP contribution < -0.4 is 5.32 Å². The quantitative estimate of drug-likeness (QED) is 0.849. The van der Waals surface area contributed by atoms with Crippen molar-refractivity contribution in [2.75, 3.05) is 19.8 Å². The highest BCUT2D eigenvalue weighted by Crippen LogP contribution is 2.28. The molecule has 1 N–H and O–H groups in total. The molecule has 2 heterocycles. The van der Waals surface area contributed by atoms with E-state index >= 15 is 0 Å². The van der Waals surface area contributed by atoms with Gasteiger partial charge in [-0.1, -0.05) is 30.3 Å². The van der Waals surface area contributed by atoms with Crippen LogP contribution in [0.4, 0.5) is 4.79 Å². The second-order valence-corrected chi connectivity index (χ2v) is 5.62. The van der Waals surface area contributed by atoms with Gasteiger partial charge in [0.25, 0.3) is 5.91 Å². The van der Waals surface area contributed by atoms with Gasteiger partial charge < -0.3 is 5.32 Å². The molecule has 20 heavy (non-hydrogen) atoms. The third-order valence-electron chi connectivity index (χ3n) is 4.17. The first-order chi connectivity index (χ1) is 9.61. The largest absolute Gasteiger partial charge is 0.326 e. The van der Waals surface area contributed by atoms with E-state index in [0.717, 1.165) is 31.5 Å². The molecule has 5 nitrogen and oxygen atoms in total. The molecule has 1 aromatic rings. The SMILES string of the molecule is C[C@@]1(c2ccccc2)NC(=O)N(CN2CCCC2)C1=O. The summed E-state index contributed by atoms with van der Waals surface area (Å²) in [6, 6.07) is 9.10. The maximum absolute atomic E-state index is 12.6. The molecule has 3 amide bonds. The Bertz CT molecular complexity index is 525. The minimum absolute atomic E-state index is 0.166. The van der Waals surface area contributed by atoms with Gasteiger partial charge in [-0.3, -0.25) is 9.69 Å². The van der Waals surface area contributed by atoms with Crippen LogP contribution in [0, 0.1) is 0 Å². The fourth-order valence-corrected chi connectivity index (χ4v) is 2.92. The van der Waals surface area contributed by atoms with Crippen molar-refractivity contribution < 1.29 is 9.59 Å². The van der Waals surface area contributed by atoms with E-state index in [2.05, 4.69) is 10.2 Å². The highest BCUT2D eigenvalue weighted by molar-refractivity contribution is 6.07. The molecule has 0 aromatic heterocycles. The Morgan fingerprint density at radius 3 is 2.45 bits per heavy atom. The van der Waals surface area contributed by atoms with E-state index in [1.54, 1.807) is 6.92 Å². The lowest BCUT2D eigenvalue weighted by Crippen LogP contribution is -2.43. The van der Waals surface area contributed by atoms with E-state index in [0.29, 0.717) is 6.67 Å². The normalized spacial score (nSPS) is 27.1. The lowest BCUT2D eigenvalue weighted by molar-refractivity contribution is -0.132. The summed E-state index contributed by atoms with van der Waals surface area (Å²) in [5, 5.41) is 2.83. The van der Waals surface area contributed by atoms with E-state index in [9.17, 15) is 9.59 Å². The second kappa shape index (κ2) is 4.90. The molecule has 5 heteroatoms. The number of carbonyl (C=O) groups is 2. The average molecular weight is 273 g/mol. The molecule has 2 aliphatic heterocycles. The van der Waals surface area contributed by atoms with Crippen molar-refractivity contribution in [3.63, 3.8) is 0 Å². The number of nitrogens with zero attached hydrogens (tertiary/aromatic N) is 2. The Kier molecular flexibility index (Phi) is 3.22.